The highest BCUT2D eigenvalue weighted by molar-refractivity contribution is 7.92. The molecule has 2 aromatic carbocycles. The van der Waals surface area contributed by atoms with Crippen molar-refractivity contribution in [2.24, 2.45) is 0 Å². The van der Waals surface area contributed by atoms with Gasteiger partial charge in [-0.2, -0.15) is 0 Å². The van der Waals surface area contributed by atoms with E-state index in [1.54, 1.807) is 31.2 Å². The third kappa shape index (κ3) is 4.06. The van der Waals surface area contributed by atoms with Crippen molar-refractivity contribution < 1.29 is 22.7 Å². The molecule has 150 valence electrons. The number of hydrogen-bond donors (Lipinski definition) is 1. The Balaban J connectivity index is 1.94. The van der Waals surface area contributed by atoms with Crippen molar-refractivity contribution in [3.05, 3.63) is 47.5 Å². The van der Waals surface area contributed by atoms with Crippen LogP contribution in [0.15, 0.2) is 36.4 Å². The van der Waals surface area contributed by atoms with Gasteiger partial charge in [0.2, 0.25) is 22.7 Å². The second-order valence-electron chi connectivity index (χ2n) is 6.83. The molecule has 1 heterocycles. The molecular formula is C20H24N2O5S. The van der Waals surface area contributed by atoms with Crippen LogP contribution in [0.5, 0.6) is 11.5 Å². The third-order valence-electron chi connectivity index (χ3n) is 4.57. The predicted molar refractivity (Wildman–Crippen MR) is 109 cm³/mol. The van der Waals surface area contributed by atoms with Gasteiger partial charge in [0.25, 0.3) is 0 Å². The lowest BCUT2D eigenvalue weighted by Gasteiger charge is -2.31. The lowest BCUT2D eigenvalue weighted by atomic mass is 10.1. The molecule has 8 heteroatoms. The first kappa shape index (κ1) is 20.0. The van der Waals surface area contributed by atoms with Gasteiger partial charge in [-0.1, -0.05) is 19.1 Å². The molecule has 0 fully saturated rings. The molecule has 3 rings (SSSR count). The van der Waals surface area contributed by atoms with E-state index in [0.29, 0.717) is 29.3 Å². The van der Waals surface area contributed by atoms with Crippen LogP contribution in [0.2, 0.25) is 0 Å². The van der Waals surface area contributed by atoms with E-state index in [0.717, 1.165) is 17.4 Å². The summed E-state index contributed by atoms with van der Waals surface area (Å²) in [5.74, 6) is 0.742. The molecule has 2 aromatic rings. The molecule has 0 aliphatic carbocycles. The van der Waals surface area contributed by atoms with E-state index >= 15 is 0 Å². The molecule has 0 spiro atoms. The number of nitrogens with one attached hydrogen (secondary N) is 1. The first-order valence-corrected chi connectivity index (χ1v) is 10.8. The van der Waals surface area contributed by atoms with Gasteiger partial charge in [-0.25, -0.2) is 8.42 Å². The Morgan fingerprint density at radius 1 is 1.14 bits per heavy atom. The van der Waals surface area contributed by atoms with Crippen molar-refractivity contribution in [3.63, 3.8) is 0 Å². The summed E-state index contributed by atoms with van der Waals surface area (Å²) in [6.07, 6.45) is 1.43. The maximum atomic E-state index is 13.0. The molecule has 0 aromatic heterocycles. The minimum Gasteiger partial charge on any atom is -0.454 e. The number of rotatable bonds is 6. The van der Waals surface area contributed by atoms with Crippen LogP contribution in [-0.2, 0) is 14.8 Å². The maximum absolute atomic E-state index is 13.0. The van der Waals surface area contributed by atoms with Gasteiger partial charge in [-0.15, -0.1) is 0 Å². The van der Waals surface area contributed by atoms with Crippen molar-refractivity contribution >= 4 is 27.3 Å². The van der Waals surface area contributed by atoms with Gasteiger partial charge >= 0.3 is 0 Å². The zero-order chi connectivity index (χ0) is 20.5. The van der Waals surface area contributed by atoms with E-state index in [2.05, 4.69) is 5.32 Å². The van der Waals surface area contributed by atoms with Crippen LogP contribution in [0.4, 0.5) is 11.4 Å². The largest absolute Gasteiger partial charge is 0.454 e. The number of sulfonamides is 1. The van der Waals surface area contributed by atoms with Crippen molar-refractivity contribution in [2.75, 3.05) is 22.7 Å². The zero-order valence-electron chi connectivity index (χ0n) is 16.4. The van der Waals surface area contributed by atoms with Crippen molar-refractivity contribution in [2.45, 2.75) is 33.2 Å². The summed E-state index contributed by atoms with van der Waals surface area (Å²) in [7, 11) is -3.69. The monoisotopic (exact) mass is 404 g/mol. The molecule has 1 N–H and O–H groups in total. The quantitative estimate of drug-likeness (QED) is 0.799. The van der Waals surface area contributed by atoms with E-state index in [1.165, 1.54) is 4.31 Å². The molecule has 0 bridgehead atoms. The Labute approximate surface area is 165 Å². The van der Waals surface area contributed by atoms with Gasteiger partial charge < -0.3 is 14.8 Å². The first-order chi connectivity index (χ1) is 13.2. The Morgan fingerprint density at radius 2 is 1.86 bits per heavy atom. The summed E-state index contributed by atoms with van der Waals surface area (Å²) in [6, 6.07) is 9.72. The van der Waals surface area contributed by atoms with E-state index < -0.39 is 22.0 Å². The summed E-state index contributed by atoms with van der Waals surface area (Å²) in [4.78, 5) is 13.0. The number of nitrogens with zero attached hydrogens (tertiary/aromatic N) is 1. The van der Waals surface area contributed by atoms with E-state index in [1.807, 2.05) is 26.0 Å². The average Bonchev–Trinajstić information content (AvgIpc) is 3.08. The highest BCUT2D eigenvalue weighted by Gasteiger charge is 2.32. The van der Waals surface area contributed by atoms with Crippen LogP contribution >= 0.6 is 0 Å². The van der Waals surface area contributed by atoms with E-state index in [9.17, 15) is 13.2 Å². The number of carbonyl (C=O) groups is 1. The van der Waals surface area contributed by atoms with Gasteiger partial charge in [0.1, 0.15) is 6.04 Å². The SMILES string of the molecule is CC[C@@H](C(=O)Nc1ccc2c(c1)OCO2)N(c1cc(C)ccc1C)S(C)(=O)=O. The topological polar surface area (TPSA) is 84.9 Å². The molecule has 1 atom stereocenters. The summed E-state index contributed by atoms with van der Waals surface area (Å²) in [5.41, 5.74) is 2.72. The number of aryl methyl sites for hydroxylation is 2. The molecule has 1 aliphatic rings. The van der Waals surface area contributed by atoms with Crippen LogP contribution in [0, 0.1) is 13.8 Å². The van der Waals surface area contributed by atoms with Crippen LogP contribution in [0.25, 0.3) is 0 Å². The number of carbonyl (C=O) groups excluding carboxylic acids is 1. The molecule has 28 heavy (non-hydrogen) atoms. The van der Waals surface area contributed by atoms with Crippen LogP contribution in [-0.4, -0.2) is 33.4 Å². The third-order valence-corrected chi connectivity index (χ3v) is 5.74. The molecular weight excluding hydrogens is 380 g/mol. The van der Waals surface area contributed by atoms with Crippen molar-refractivity contribution in [1.29, 1.82) is 0 Å². The fourth-order valence-electron chi connectivity index (χ4n) is 3.19. The second kappa shape index (κ2) is 7.71. The highest BCUT2D eigenvalue weighted by atomic mass is 32.2. The number of benzene rings is 2. The van der Waals surface area contributed by atoms with Crippen LogP contribution < -0.4 is 19.1 Å². The molecule has 1 amide bonds. The minimum atomic E-state index is -3.69. The Bertz CT molecular complexity index is 1000. The Morgan fingerprint density at radius 3 is 2.54 bits per heavy atom. The van der Waals surface area contributed by atoms with E-state index in [4.69, 9.17) is 9.47 Å². The predicted octanol–water partition coefficient (Wildman–Crippen LogP) is 3.22. The number of ether oxygens (including phenoxy) is 2. The lowest BCUT2D eigenvalue weighted by Crippen LogP contribution is -2.47. The summed E-state index contributed by atoms with van der Waals surface area (Å²) < 4.78 is 37.0. The first-order valence-electron chi connectivity index (χ1n) is 8.98. The zero-order valence-corrected chi connectivity index (χ0v) is 17.2. The standard InChI is InChI=1S/C20H24N2O5S/c1-5-16(20(23)21-15-8-9-18-19(11-15)27-12-26-18)22(28(4,24)25)17-10-13(2)6-7-14(17)3/h6-11,16H,5,12H2,1-4H3,(H,21,23)/t16-/m0/s1. The average molecular weight is 404 g/mol. The maximum Gasteiger partial charge on any atom is 0.248 e. The van der Waals surface area contributed by atoms with Gasteiger partial charge in [0, 0.05) is 11.8 Å². The highest BCUT2D eigenvalue weighted by Crippen LogP contribution is 2.34. The van der Waals surface area contributed by atoms with Crippen molar-refractivity contribution in [3.8, 4) is 11.5 Å². The lowest BCUT2D eigenvalue weighted by molar-refractivity contribution is -0.117. The fraction of sp³-hybridized carbons (Fsp3) is 0.350. The van der Waals surface area contributed by atoms with Gasteiger partial charge in [-0.3, -0.25) is 9.10 Å². The van der Waals surface area contributed by atoms with Gasteiger partial charge in [0.15, 0.2) is 11.5 Å². The molecule has 0 saturated carbocycles. The van der Waals surface area contributed by atoms with Crippen LogP contribution in [0.3, 0.4) is 0 Å². The summed E-state index contributed by atoms with van der Waals surface area (Å²) in [5, 5.41) is 2.80. The number of fused-ring (bicyclic) bond motifs is 1. The summed E-state index contributed by atoms with van der Waals surface area (Å²) >= 11 is 0. The molecule has 0 unspecified atom stereocenters. The summed E-state index contributed by atoms with van der Waals surface area (Å²) in [6.45, 7) is 5.64. The van der Waals surface area contributed by atoms with Gasteiger partial charge in [-0.05, 0) is 49.6 Å². The Kier molecular flexibility index (Phi) is 5.51. The van der Waals surface area contributed by atoms with Crippen molar-refractivity contribution in [1.82, 2.24) is 0 Å². The minimum absolute atomic E-state index is 0.138. The Hall–Kier alpha value is -2.74. The number of anilines is 2. The van der Waals surface area contributed by atoms with Gasteiger partial charge in [0.05, 0.1) is 11.9 Å². The number of hydrogen-bond acceptors (Lipinski definition) is 5. The number of amides is 1. The second-order valence-corrected chi connectivity index (χ2v) is 8.69. The molecule has 7 nitrogen and oxygen atoms in total. The molecule has 1 aliphatic heterocycles. The molecule has 0 radical (unpaired) electrons. The smallest absolute Gasteiger partial charge is 0.248 e. The van der Waals surface area contributed by atoms with Crippen LogP contribution in [0.1, 0.15) is 24.5 Å². The molecule has 0 saturated heterocycles. The van der Waals surface area contributed by atoms with E-state index in [-0.39, 0.29) is 6.79 Å². The normalized spacial score (nSPS) is 13.9. The fourth-order valence-corrected chi connectivity index (χ4v) is 4.45.